The molecule has 3 nitrogen and oxygen atoms in total. The van der Waals surface area contributed by atoms with Crippen molar-refractivity contribution in [2.75, 3.05) is 13.1 Å². The van der Waals surface area contributed by atoms with Crippen LogP contribution in [0.4, 0.5) is 0 Å². The highest BCUT2D eigenvalue weighted by molar-refractivity contribution is 5.75. The van der Waals surface area contributed by atoms with Crippen LogP contribution in [0, 0.1) is 17.3 Å². The average Bonchev–Trinajstić information content (AvgIpc) is 2.41. The first-order valence-electron chi connectivity index (χ1n) is 7.96. The molecule has 0 radical (unpaired) electrons. The lowest BCUT2D eigenvalue weighted by Crippen LogP contribution is -2.52. The van der Waals surface area contributed by atoms with E-state index in [1.165, 1.54) is 19.3 Å². The van der Waals surface area contributed by atoms with E-state index < -0.39 is 11.4 Å². The molecule has 3 heteroatoms. The van der Waals surface area contributed by atoms with Gasteiger partial charge in [0.2, 0.25) is 0 Å². The average molecular weight is 267 g/mol. The van der Waals surface area contributed by atoms with Gasteiger partial charge in [-0.25, -0.2) is 0 Å². The van der Waals surface area contributed by atoms with Gasteiger partial charge >= 0.3 is 5.97 Å². The largest absolute Gasteiger partial charge is 0.481 e. The smallest absolute Gasteiger partial charge is 0.310 e. The molecule has 0 aromatic rings. The van der Waals surface area contributed by atoms with Gasteiger partial charge in [0.25, 0.3) is 0 Å². The molecule has 0 aromatic heterocycles. The van der Waals surface area contributed by atoms with Gasteiger partial charge in [0.1, 0.15) is 0 Å². The fourth-order valence-corrected chi connectivity index (χ4v) is 3.94. The molecule has 110 valence electrons. The normalized spacial score (nSPS) is 41.1. The molecule has 0 aromatic carbocycles. The molecular formula is C16H29NO2. The van der Waals surface area contributed by atoms with Crippen LogP contribution in [0.25, 0.3) is 0 Å². The van der Waals surface area contributed by atoms with Crippen LogP contribution in [-0.2, 0) is 4.79 Å². The van der Waals surface area contributed by atoms with Gasteiger partial charge in [-0.3, -0.25) is 9.69 Å². The zero-order chi connectivity index (χ0) is 14.0. The minimum absolute atomic E-state index is 0.482. The number of carbonyl (C=O) groups is 1. The number of aliphatic carboxylic acids is 1. The van der Waals surface area contributed by atoms with Crippen molar-refractivity contribution in [2.24, 2.45) is 17.3 Å². The van der Waals surface area contributed by atoms with Crippen molar-refractivity contribution >= 4 is 5.97 Å². The van der Waals surface area contributed by atoms with Gasteiger partial charge in [-0.05, 0) is 56.9 Å². The first kappa shape index (κ1) is 14.8. The minimum atomic E-state index is -0.586. The maximum Gasteiger partial charge on any atom is 0.310 e. The minimum Gasteiger partial charge on any atom is -0.481 e. The third-order valence-corrected chi connectivity index (χ3v) is 5.82. The molecule has 2 aliphatic rings. The van der Waals surface area contributed by atoms with Gasteiger partial charge in [-0.1, -0.05) is 20.8 Å². The second kappa shape index (κ2) is 5.82. The number of hydrogen-bond donors (Lipinski definition) is 1. The summed E-state index contributed by atoms with van der Waals surface area (Å²) in [5, 5.41) is 9.57. The van der Waals surface area contributed by atoms with E-state index in [-0.39, 0.29) is 0 Å². The Bertz CT molecular complexity index is 331. The highest BCUT2D eigenvalue weighted by Crippen LogP contribution is 2.38. The highest BCUT2D eigenvalue weighted by Gasteiger charge is 2.43. The first-order valence-corrected chi connectivity index (χ1v) is 7.96. The number of rotatable bonds is 3. The van der Waals surface area contributed by atoms with E-state index in [0.29, 0.717) is 6.04 Å². The van der Waals surface area contributed by atoms with Crippen molar-refractivity contribution in [2.45, 2.75) is 65.3 Å². The molecule has 4 unspecified atom stereocenters. The van der Waals surface area contributed by atoms with Gasteiger partial charge in [-0.2, -0.15) is 0 Å². The molecule has 1 saturated carbocycles. The molecule has 1 aliphatic carbocycles. The highest BCUT2D eigenvalue weighted by atomic mass is 16.4. The molecule has 0 spiro atoms. The molecule has 0 amide bonds. The second-order valence-corrected chi connectivity index (χ2v) is 6.93. The molecule has 19 heavy (non-hydrogen) atoms. The number of hydrogen-bond acceptors (Lipinski definition) is 2. The lowest BCUT2D eigenvalue weighted by Gasteiger charge is -2.46. The number of nitrogens with zero attached hydrogens (tertiary/aromatic N) is 1. The van der Waals surface area contributed by atoms with Crippen molar-refractivity contribution < 1.29 is 9.90 Å². The second-order valence-electron chi connectivity index (χ2n) is 6.93. The summed E-state index contributed by atoms with van der Waals surface area (Å²) in [7, 11) is 0. The topological polar surface area (TPSA) is 40.5 Å². The van der Waals surface area contributed by atoms with Gasteiger partial charge < -0.3 is 5.11 Å². The van der Waals surface area contributed by atoms with E-state index in [2.05, 4.69) is 18.7 Å². The zero-order valence-electron chi connectivity index (χ0n) is 12.7. The van der Waals surface area contributed by atoms with Crippen molar-refractivity contribution in [3.05, 3.63) is 0 Å². The Balaban J connectivity index is 2.03. The molecule has 1 aliphatic heterocycles. The summed E-state index contributed by atoms with van der Waals surface area (Å²) < 4.78 is 0. The molecule has 1 saturated heterocycles. The predicted molar refractivity (Wildman–Crippen MR) is 77.1 cm³/mol. The molecule has 2 fully saturated rings. The Kier molecular flexibility index (Phi) is 4.54. The van der Waals surface area contributed by atoms with Gasteiger partial charge in [0, 0.05) is 12.6 Å². The molecule has 1 N–H and O–H groups in total. The first-order chi connectivity index (χ1) is 8.98. The third kappa shape index (κ3) is 2.96. The summed E-state index contributed by atoms with van der Waals surface area (Å²) in [6.45, 7) is 8.60. The van der Waals surface area contributed by atoms with Crippen LogP contribution >= 0.6 is 0 Å². The Hall–Kier alpha value is -0.570. The molecule has 0 bridgehead atoms. The predicted octanol–water partition coefficient (Wildman–Crippen LogP) is 3.39. The summed E-state index contributed by atoms with van der Waals surface area (Å²) in [5.41, 5.74) is -0.482. The zero-order valence-corrected chi connectivity index (χ0v) is 12.7. The SMILES string of the molecule is CCC1(C(=O)O)CCCN(C2CCC(C)C(C)C2)C1. The van der Waals surface area contributed by atoms with Crippen molar-refractivity contribution in [3.8, 4) is 0 Å². The summed E-state index contributed by atoms with van der Waals surface area (Å²) in [6, 6.07) is 0.622. The number of likely N-dealkylation sites (tertiary alicyclic amines) is 1. The lowest BCUT2D eigenvalue weighted by molar-refractivity contribution is -0.154. The summed E-state index contributed by atoms with van der Waals surface area (Å²) in [4.78, 5) is 14.1. The molecular weight excluding hydrogens is 238 g/mol. The summed E-state index contributed by atoms with van der Waals surface area (Å²) in [5.74, 6) is 1.02. The van der Waals surface area contributed by atoms with Crippen LogP contribution in [0.1, 0.15) is 59.3 Å². The van der Waals surface area contributed by atoms with Crippen LogP contribution in [-0.4, -0.2) is 35.1 Å². The monoisotopic (exact) mass is 267 g/mol. The van der Waals surface area contributed by atoms with Crippen molar-refractivity contribution in [1.82, 2.24) is 4.90 Å². The number of piperidine rings is 1. The van der Waals surface area contributed by atoms with E-state index in [9.17, 15) is 9.90 Å². The van der Waals surface area contributed by atoms with E-state index in [1.807, 2.05) is 6.92 Å². The Morgan fingerprint density at radius 1 is 1.32 bits per heavy atom. The van der Waals surface area contributed by atoms with Gasteiger partial charge in [0.15, 0.2) is 0 Å². The summed E-state index contributed by atoms with van der Waals surface area (Å²) >= 11 is 0. The fourth-order valence-electron chi connectivity index (χ4n) is 3.94. The Labute approximate surface area is 117 Å². The lowest BCUT2D eigenvalue weighted by atomic mass is 9.74. The van der Waals surface area contributed by atoms with Crippen molar-refractivity contribution in [1.29, 1.82) is 0 Å². The van der Waals surface area contributed by atoms with Crippen molar-refractivity contribution in [3.63, 3.8) is 0 Å². The fraction of sp³-hybridized carbons (Fsp3) is 0.938. The van der Waals surface area contributed by atoms with Gasteiger partial charge in [0.05, 0.1) is 5.41 Å². The third-order valence-electron chi connectivity index (χ3n) is 5.82. The maximum absolute atomic E-state index is 11.6. The Morgan fingerprint density at radius 2 is 2.05 bits per heavy atom. The van der Waals surface area contributed by atoms with Gasteiger partial charge in [-0.15, -0.1) is 0 Å². The molecule has 2 rings (SSSR count). The molecule has 1 heterocycles. The van der Waals surface area contributed by atoms with Crippen LogP contribution in [0.3, 0.4) is 0 Å². The Morgan fingerprint density at radius 3 is 2.63 bits per heavy atom. The van der Waals surface area contributed by atoms with E-state index in [0.717, 1.165) is 44.2 Å². The standard InChI is InChI=1S/C16H29NO2/c1-4-16(15(18)19)8-5-9-17(11-16)14-7-6-12(2)13(3)10-14/h12-14H,4-11H2,1-3H3,(H,18,19). The van der Waals surface area contributed by atoms with Crippen LogP contribution in [0.2, 0.25) is 0 Å². The molecule has 4 atom stereocenters. The van der Waals surface area contributed by atoms with E-state index in [4.69, 9.17) is 0 Å². The maximum atomic E-state index is 11.6. The number of carboxylic acid groups (broad SMARTS) is 1. The van der Waals surface area contributed by atoms with E-state index >= 15 is 0 Å². The van der Waals surface area contributed by atoms with Crippen LogP contribution < -0.4 is 0 Å². The van der Waals surface area contributed by atoms with E-state index in [1.54, 1.807) is 0 Å². The quantitative estimate of drug-likeness (QED) is 0.852. The summed E-state index contributed by atoms with van der Waals surface area (Å²) in [6.07, 6.45) is 6.46. The van der Waals surface area contributed by atoms with Crippen LogP contribution in [0.5, 0.6) is 0 Å². The van der Waals surface area contributed by atoms with Crippen LogP contribution in [0.15, 0.2) is 0 Å². The number of carboxylic acids is 1.